The SMILES string of the molecule is C[C@H](NC(=O)[C@H](C)NC(=O)[C@H](CCC(=O)O)NC(=O)[C@H](CCC(=O)O)NC(=O)[C@@H](N)CCC(=O)O)C(=O)N[C@@H](C)C(=O)N[C@@H](CCCCN)C(=O)N[C@@H](CCC(=O)O)C(=O)N[C@@H](CCC(=O)O)C(=O)N[C@@H](CCC(=O)O)C(=O)O. The highest BCUT2D eigenvalue weighted by molar-refractivity contribution is 5.98. The number of carboxylic acid groups (broad SMARTS) is 7. The average Bonchev–Trinajstić information content (AvgIpc) is 3.35. The molecule has 0 aromatic heterocycles. The zero-order chi connectivity index (χ0) is 60.7. The molecule has 0 aliphatic carbocycles. The molecular formula is C45H71N11O23. The third-order valence-corrected chi connectivity index (χ3v) is 11.2. The minimum absolute atomic E-state index is 0.123. The number of rotatable bonds is 41. The second kappa shape index (κ2) is 36.5. The van der Waals surface area contributed by atoms with Crippen LogP contribution in [0.4, 0.5) is 0 Å². The van der Waals surface area contributed by atoms with Gasteiger partial charge in [0.15, 0.2) is 0 Å². The number of carbonyl (C=O) groups excluding carboxylic acids is 9. The van der Waals surface area contributed by atoms with Gasteiger partial charge in [0.05, 0.1) is 6.04 Å². The van der Waals surface area contributed by atoms with E-state index in [1.807, 2.05) is 5.32 Å². The van der Waals surface area contributed by atoms with Gasteiger partial charge in [-0.05, 0) is 85.1 Å². The third-order valence-electron chi connectivity index (χ3n) is 11.2. The van der Waals surface area contributed by atoms with E-state index in [4.69, 9.17) is 21.7 Å². The molecule has 0 aliphatic heterocycles. The maximum atomic E-state index is 13.7. The summed E-state index contributed by atoms with van der Waals surface area (Å²) < 4.78 is 0. The van der Waals surface area contributed by atoms with Gasteiger partial charge in [0, 0.05) is 38.5 Å². The van der Waals surface area contributed by atoms with Crippen molar-refractivity contribution in [3.8, 4) is 0 Å². The van der Waals surface area contributed by atoms with Crippen LogP contribution in [0.5, 0.6) is 0 Å². The van der Waals surface area contributed by atoms with E-state index in [1.165, 1.54) is 6.92 Å². The average molecular weight is 1130 g/mol. The summed E-state index contributed by atoms with van der Waals surface area (Å²) in [5.74, 6) is -20.1. The monoisotopic (exact) mass is 1130 g/mol. The molecule has 34 heteroatoms. The van der Waals surface area contributed by atoms with Gasteiger partial charge in [0.25, 0.3) is 0 Å². The summed E-state index contributed by atoms with van der Waals surface area (Å²) in [5.41, 5.74) is 11.3. The molecule has 79 heavy (non-hydrogen) atoms. The lowest BCUT2D eigenvalue weighted by atomic mass is 10.0. The van der Waals surface area contributed by atoms with Crippen LogP contribution in [-0.2, 0) is 76.7 Å². The normalized spacial score (nSPS) is 14.6. The Bertz CT molecular complexity index is 2230. The molecule has 0 radical (unpaired) electrons. The number of carbonyl (C=O) groups is 16. The number of nitrogens with one attached hydrogen (secondary N) is 9. The molecule has 0 aliphatic rings. The number of hydrogen-bond acceptors (Lipinski definition) is 18. The predicted octanol–water partition coefficient (Wildman–Crippen LogP) is -5.86. The number of unbranched alkanes of at least 4 members (excludes halogenated alkanes) is 1. The van der Waals surface area contributed by atoms with Crippen LogP contribution in [0.1, 0.15) is 117 Å². The number of amides is 9. The first-order chi connectivity index (χ1) is 36.8. The van der Waals surface area contributed by atoms with Crippen molar-refractivity contribution in [1.29, 1.82) is 0 Å². The van der Waals surface area contributed by atoms with Crippen molar-refractivity contribution in [2.45, 2.75) is 178 Å². The molecule has 20 N–H and O–H groups in total. The topological polar surface area (TPSA) is 575 Å². The summed E-state index contributed by atoms with van der Waals surface area (Å²) in [7, 11) is 0. The molecular weight excluding hydrogens is 1060 g/mol. The predicted molar refractivity (Wildman–Crippen MR) is 264 cm³/mol. The largest absolute Gasteiger partial charge is 0.481 e. The van der Waals surface area contributed by atoms with Crippen molar-refractivity contribution in [3.63, 3.8) is 0 Å². The van der Waals surface area contributed by atoms with Crippen LogP contribution in [0.3, 0.4) is 0 Å². The molecule has 0 unspecified atom stereocenters. The van der Waals surface area contributed by atoms with Gasteiger partial charge in [0.2, 0.25) is 53.2 Å². The van der Waals surface area contributed by atoms with Crippen LogP contribution in [0.2, 0.25) is 0 Å². The molecule has 0 saturated heterocycles. The van der Waals surface area contributed by atoms with Crippen LogP contribution < -0.4 is 59.3 Å². The molecule has 444 valence electrons. The Balaban J connectivity index is 6.18. The maximum Gasteiger partial charge on any atom is 0.326 e. The fourth-order valence-electron chi connectivity index (χ4n) is 6.70. The zero-order valence-electron chi connectivity index (χ0n) is 43.4. The lowest BCUT2D eigenvalue weighted by molar-refractivity contribution is -0.144. The Morgan fingerprint density at radius 2 is 0.532 bits per heavy atom. The number of aliphatic carboxylic acids is 7. The van der Waals surface area contributed by atoms with E-state index in [1.54, 1.807) is 0 Å². The lowest BCUT2D eigenvalue weighted by Crippen LogP contribution is -2.59. The minimum Gasteiger partial charge on any atom is -0.481 e. The third kappa shape index (κ3) is 30.1. The number of nitrogens with two attached hydrogens (primary N) is 2. The van der Waals surface area contributed by atoms with Crippen LogP contribution in [0.25, 0.3) is 0 Å². The molecule has 10 atom stereocenters. The van der Waals surface area contributed by atoms with Crippen molar-refractivity contribution in [3.05, 3.63) is 0 Å². The van der Waals surface area contributed by atoms with Crippen molar-refractivity contribution in [2.24, 2.45) is 11.5 Å². The Kier molecular flexibility index (Phi) is 32.5. The van der Waals surface area contributed by atoms with Gasteiger partial charge in [-0.25, -0.2) is 4.79 Å². The summed E-state index contributed by atoms with van der Waals surface area (Å²) in [5, 5.41) is 84.4. The minimum atomic E-state index is -1.81. The fraction of sp³-hybridized carbons (Fsp3) is 0.644. The second-order valence-corrected chi connectivity index (χ2v) is 17.9. The summed E-state index contributed by atoms with van der Waals surface area (Å²) in [6.45, 7) is 3.58. The number of hydrogen-bond donors (Lipinski definition) is 18. The van der Waals surface area contributed by atoms with Gasteiger partial charge >= 0.3 is 41.8 Å². The molecule has 34 nitrogen and oxygen atoms in total. The van der Waals surface area contributed by atoms with E-state index in [0.717, 1.165) is 13.8 Å². The molecule has 0 heterocycles. The van der Waals surface area contributed by atoms with Crippen molar-refractivity contribution in [1.82, 2.24) is 47.9 Å². The van der Waals surface area contributed by atoms with Gasteiger partial charge < -0.3 is 95.1 Å². The van der Waals surface area contributed by atoms with E-state index >= 15 is 0 Å². The summed E-state index contributed by atoms with van der Waals surface area (Å²) in [6.07, 6.45) is -7.30. The Labute approximate surface area is 450 Å². The smallest absolute Gasteiger partial charge is 0.326 e. The highest BCUT2D eigenvalue weighted by Gasteiger charge is 2.35. The first-order valence-corrected chi connectivity index (χ1v) is 24.5. The molecule has 0 saturated carbocycles. The van der Waals surface area contributed by atoms with Gasteiger partial charge in [0.1, 0.15) is 54.4 Å². The van der Waals surface area contributed by atoms with E-state index in [0.29, 0.717) is 6.42 Å². The van der Waals surface area contributed by atoms with Gasteiger partial charge in [-0.2, -0.15) is 0 Å². The molecule has 0 rings (SSSR count). The lowest BCUT2D eigenvalue weighted by Gasteiger charge is -2.26. The van der Waals surface area contributed by atoms with Gasteiger partial charge in [-0.15, -0.1) is 0 Å². The van der Waals surface area contributed by atoms with Crippen molar-refractivity contribution >= 4 is 94.9 Å². The molecule has 0 aromatic carbocycles. The highest BCUT2D eigenvalue weighted by atomic mass is 16.4. The summed E-state index contributed by atoms with van der Waals surface area (Å²) in [4.78, 5) is 199. The quantitative estimate of drug-likeness (QED) is 0.0254. The zero-order valence-corrected chi connectivity index (χ0v) is 43.4. The van der Waals surface area contributed by atoms with Crippen molar-refractivity contribution < 1.29 is 112 Å². The molecule has 0 spiro atoms. The fourth-order valence-corrected chi connectivity index (χ4v) is 6.70. The van der Waals surface area contributed by atoms with Crippen molar-refractivity contribution in [2.75, 3.05) is 6.54 Å². The first kappa shape index (κ1) is 70.4. The summed E-state index contributed by atoms with van der Waals surface area (Å²) in [6, 6.07) is -16.3. The van der Waals surface area contributed by atoms with Crippen LogP contribution in [0, 0.1) is 0 Å². The molecule has 0 bridgehead atoms. The van der Waals surface area contributed by atoms with Crippen LogP contribution in [-0.4, -0.2) is 198 Å². The van der Waals surface area contributed by atoms with E-state index in [-0.39, 0.29) is 25.8 Å². The Morgan fingerprint density at radius 3 is 0.835 bits per heavy atom. The maximum absolute atomic E-state index is 13.7. The van der Waals surface area contributed by atoms with Crippen LogP contribution in [0.15, 0.2) is 0 Å². The van der Waals surface area contributed by atoms with E-state index in [2.05, 4.69) is 42.5 Å². The molecule has 9 amide bonds. The molecule has 0 fully saturated rings. The number of carboxylic acids is 7. The first-order valence-electron chi connectivity index (χ1n) is 24.5. The second-order valence-electron chi connectivity index (χ2n) is 17.9. The summed E-state index contributed by atoms with van der Waals surface area (Å²) >= 11 is 0. The van der Waals surface area contributed by atoms with E-state index < -0.39 is 226 Å². The highest BCUT2D eigenvalue weighted by Crippen LogP contribution is 2.10. The standard InChI is InChI=1S/C45H71N11O23/c1-20(48-37(70)21(2)50-40(73)25(8-14-31(59)60)53-42(75)26(9-15-32(61)62)52-39(72)23(47)7-13-30(57)58)36(69)49-22(3)38(71)51-24(6-4-5-19-46)41(74)54-27(10-16-33(63)64)43(76)55-28(11-17-34(65)66)44(77)56-29(45(78)79)12-18-35(67)68/h20-29H,4-19,46-47H2,1-3H3,(H,48,70)(H,49,69)(H,50,73)(H,51,71)(H,52,72)(H,53,75)(H,54,74)(H,55,76)(H,56,77)(H,57,58)(H,59,60)(H,61,62)(H,63,64)(H,65,66)(H,67,68)(H,78,79)/t20-,21-,22-,23-,24-,25-,26-,27-,28-,29-/m0/s1. The molecule has 0 aromatic rings. The van der Waals surface area contributed by atoms with Gasteiger partial charge in [-0.3, -0.25) is 71.9 Å². The van der Waals surface area contributed by atoms with Gasteiger partial charge in [-0.1, -0.05) is 0 Å². The Morgan fingerprint density at radius 1 is 0.304 bits per heavy atom. The van der Waals surface area contributed by atoms with E-state index in [9.17, 15) is 102 Å². The van der Waals surface area contributed by atoms with Crippen LogP contribution >= 0.6 is 0 Å². The Hall–Kier alpha value is -8.56.